The van der Waals surface area contributed by atoms with Gasteiger partial charge in [0.05, 0.1) is 22.2 Å². The Kier molecular flexibility index (Phi) is 7.22. The molecular weight excluding hydrogens is 737 g/mol. The van der Waals surface area contributed by atoms with Crippen molar-refractivity contribution in [2.24, 2.45) is 0 Å². The van der Waals surface area contributed by atoms with Crippen LogP contribution >= 0.6 is 0 Å². The van der Waals surface area contributed by atoms with Gasteiger partial charge in [0.1, 0.15) is 0 Å². The minimum atomic E-state index is -0.196. The van der Waals surface area contributed by atoms with E-state index in [2.05, 4.69) is 217 Å². The van der Waals surface area contributed by atoms with E-state index in [9.17, 15) is 0 Å². The van der Waals surface area contributed by atoms with Crippen molar-refractivity contribution in [2.75, 3.05) is 0 Å². The van der Waals surface area contributed by atoms with Crippen molar-refractivity contribution in [3.63, 3.8) is 0 Å². The molecule has 2 heteroatoms. The molecule has 0 saturated carbocycles. The lowest BCUT2D eigenvalue weighted by atomic mass is 9.76. The van der Waals surface area contributed by atoms with E-state index in [1.807, 2.05) is 0 Å². The zero-order valence-corrected chi connectivity index (χ0v) is 34.3. The average Bonchev–Trinajstić information content (AvgIpc) is 3.92. The van der Waals surface area contributed by atoms with Gasteiger partial charge in [-0.15, -0.1) is 0 Å². The van der Waals surface area contributed by atoms with Crippen LogP contribution in [0.5, 0.6) is 0 Å². The van der Waals surface area contributed by atoms with Crippen LogP contribution < -0.4 is 0 Å². The third kappa shape index (κ3) is 4.85. The molecule has 2 aromatic heterocycles. The maximum atomic E-state index is 2.60. The molecule has 2 aliphatic rings. The number of benzene rings is 9. The quantitative estimate of drug-likeness (QED) is 0.168. The Morgan fingerprint density at radius 3 is 1.72 bits per heavy atom. The number of para-hydroxylation sites is 3. The first-order valence-electron chi connectivity index (χ1n) is 21.6. The predicted molar refractivity (Wildman–Crippen MR) is 256 cm³/mol. The third-order valence-electron chi connectivity index (χ3n) is 14.0. The van der Waals surface area contributed by atoms with Crippen LogP contribution in [-0.2, 0) is 18.3 Å². The van der Waals surface area contributed by atoms with Crippen molar-refractivity contribution in [3.05, 3.63) is 228 Å². The molecule has 11 aromatic rings. The highest BCUT2D eigenvalue weighted by molar-refractivity contribution is 6.16. The van der Waals surface area contributed by atoms with Gasteiger partial charge in [0.2, 0.25) is 0 Å². The largest absolute Gasteiger partial charge is 0.309 e. The Labute approximate surface area is 355 Å². The van der Waals surface area contributed by atoms with E-state index in [1.165, 1.54) is 116 Å². The molecule has 0 N–H and O–H groups in total. The summed E-state index contributed by atoms with van der Waals surface area (Å²) in [6.45, 7) is 4.90. The van der Waals surface area contributed by atoms with Crippen molar-refractivity contribution in [1.82, 2.24) is 9.13 Å². The van der Waals surface area contributed by atoms with E-state index < -0.39 is 0 Å². The van der Waals surface area contributed by atoms with E-state index in [0.29, 0.717) is 0 Å². The van der Waals surface area contributed by atoms with E-state index in [1.54, 1.807) is 0 Å². The molecule has 0 amide bonds. The van der Waals surface area contributed by atoms with Crippen molar-refractivity contribution in [1.29, 1.82) is 0 Å². The Balaban J connectivity index is 1.08. The van der Waals surface area contributed by atoms with Crippen LogP contribution in [0.4, 0.5) is 0 Å². The lowest BCUT2D eigenvalue weighted by molar-refractivity contribution is 0.663. The van der Waals surface area contributed by atoms with Crippen molar-refractivity contribution in [2.45, 2.75) is 32.1 Å². The lowest BCUT2D eigenvalue weighted by Gasteiger charge is -2.28. The van der Waals surface area contributed by atoms with Crippen LogP contribution in [0.3, 0.4) is 0 Å². The molecule has 0 bridgehead atoms. The van der Waals surface area contributed by atoms with Gasteiger partial charge in [-0.05, 0) is 116 Å². The standard InChI is InChI=1S/C59H42N2/c1-59(2)50-26-14-11-23-45(50)54-48-35-41-33-39-19-9-10-20-40(39)34-42(41)36-49(48)55-47-25-13-16-28-52(47)61(58(55)56(54)59)44-31-29-37(30-32-44)53-46-24-12-15-27-51(46)60(43-21-7-4-8-22-43)57(53)38-17-5-3-6-18-38/h3-34H,35-36H2,1-2H3. The van der Waals surface area contributed by atoms with E-state index in [0.717, 1.165) is 18.5 Å². The molecule has 0 atom stereocenters. The summed E-state index contributed by atoms with van der Waals surface area (Å²) in [4.78, 5) is 0. The number of aromatic nitrogens is 2. The molecule has 0 fully saturated rings. The molecule has 13 rings (SSSR count). The zero-order valence-electron chi connectivity index (χ0n) is 34.3. The van der Waals surface area contributed by atoms with E-state index in [-0.39, 0.29) is 5.41 Å². The van der Waals surface area contributed by atoms with Gasteiger partial charge in [-0.2, -0.15) is 0 Å². The second-order valence-electron chi connectivity index (χ2n) is 17.6. The van der Waals surface area contributed by atoms with Gasteiger partial charge >= 0.3 is 0 Å². The average molecular weight is 779 g/mol. The highest BCUT2D eigenvalue weighted by Gasteiger charge is 2.42. The van der Waals surface area contributed by atoms with Gasteiger partial charge < -0.3 is 9.13 Å². The molecule has 9 aromatic carbocycles. The minimum absolute atomic E-state index is 0.196. The molecule has 0 saturated heterocycles. The smallest absolute Gasteiger partial charge is 0.0619 e. The van der Waals surface area contributed by atoms with Gasteiger partial charge in [-0.25, -0.2) is 0 Å². The summed E-state index contributed by atoms with van der Waals surface area (Å²) in [6.07, 6.45) is 1.86. The van der Waals surface area contributed by atoms with Crippen LogP contribution in [0.25, 0.3) is 88.4 Å². The highest BCUT2D eigenvalue weighted by Crippen LogP contribution is 2.57. The second kappa shape index (κ2) is 12.8. The molecule has 288 valence electrons. The molecular formula is C59H42N2. The Hall–Kier alpha value is -7.42. The van der Waals surface area contributed by atoms with E-state index in [4.69, 9.17) is 0 Å². The molecule has 2 heterocycles. The van der Waals surface area contributed by atoms with Crippen LogP contribution in [0, 0.1) is 0 Å². The van der Waals surface area contributed by atoms with Gasteiger partial charge in [-0.3, -0.25) is 0 Å². The van der Waals surface area contributed by atoms with Crippen LogP contribution in [0.15, 0.2) is 194 Å². The van der Waals surface area contributed by atoms with Crippen molar-refractivity contribution >= 4 is 43.5 Å². The minimum Gasteiger partial charge on any atom is -0.309 e. The normalized spacial score (nSPS) is 13.7. The fourth-order valence-corrected chi connectivity index (χ4v) is 11.4. The fraction of sp³-hybridized carbons (Fsp3) is 0.0847. The summed E-state index contributed by atoms with van der Waals surface area (Å²) >= 11 is 0. The highest BCUT2D eigenvalue weighted by atomic mass is 15.0. The summed E-state index contributed by atoms with van der Waals surface area (Å²) in [6, 6.07) is 72.1. The molecule has 61 heavy (non-hydrogen) atoms. The summed E-state index contributed by atoms with van der Waals surface area (Å²) < 4.78 is 5.04. The molecule has 0 unspecified atom stereocenters. The number of hydrogen-bond acceptors (Lipinski definition) is 0. The first-order valence-corrected chi connectivity index (χ1v) is 21.6. The summed E-state index contributed by atoms with van der Waals surface area (Å²) in [5.74, 6) is 0. The summed E-state index contributed by atoms with van der Waals surface area (Å²) in [7, 11) is 0. The van der Waals surface area contributed by atoms with Gasteiger partial charge in [0.15, 0.2) is 0 Å². The van der Waals surface area contributed by atoms with Crippen LogP contribution in [-0.4, -0.2) is 9.13 Å². The number of rotatable bonds is 4. The Morgan fingerprint density at radius 1 is 0.443 bits per heavy atom. The topological polar surface area (TPSA) is 9.86 Å². The zero-order chi connectivity index (χ0) is 40.4. The molecule has 0 radical (unpaired) electrons. The molecule has 0 spiro atoms. The lowest BCUT2D eigenvalue weighted by Crippen LogP contribution is -2.18. The monoisotopic (exact) mass is 778 g/mol. The molecule has 0 aliphatic heterocycles. The maximum absolute atomic E-state index is 2.60. The van der Waals surface area contributed by atoms with E-state index >= 15 is 0 Å². The van der Waals surface area contributed by atoms with Crippen LogP contribution in [0.2, 0.25) is 0 Å². The number of nitrogens with zero attached hydrogens (tertiary/aromatic N) is 2. The fourth-order valence-electron chi connectivity index (χ4n) is 11.4. The summed E-state index contributed by atoms with van der Waals surface area (Å²) in [5.41, 5.74) is 22.4. The first kappa shape index (κ1) is 34.4. The van der Waals surface area contributed by atoms with Crippen molar-refractivity contribution < 1.29 is 0 Å². The SMILES string of the molecule is CC1(C)c2ccccc2-c2c3c(c4c5ccccc5n(-c5ccc(-c6c(-c7ccccc7)n(-c7ccccc7)c7ccccc67)cc5)c4c21)Cc1cc2ccccc2cc1C3. The number of fused-ring (bicyclic) bond motifs is 13. The van der Waals surface area contributed by atoms with Crippen LogP contribution in [0.1, 0.15) is 47.2 Å². The second-order valence-corrected chi connectivity index (χ2v) is 17.6. The maximum Gasteiger partial charge on any atom is 0.0619 e. The van der Waals surface area contributed by atoms with Gasteiger partial charge in [-0.1, -0.05) is 172 Å². The van der Waals surface area contributed by atoms with Gasteiger partial charge in [0, 0.05) is 38.5 Å². The van der Waals surface area contributed by atoms with Gasteiger partial charge in [0.25, 0.3) is 0 Å². The Morgan fingerprint density at radius 2 is 1.00 bits per heavy atom. The molecule has 2 nitrogen and oxygen atoms in total. The first-order chi connectivity index (χ1) is 30.0. The third-order valence-corrected chi connectivity index (χ3v) is 14.0. The number of hydrogen-bond donors (Lipinski definition) is 0. The predicted octanol–water partition coefficient (Wildman–Crippen LogP) is 15.0. The van der Waals surface area contributed by atoms with Crippen molar-refractivity contribution in [3.8, 4) is 44.9 Å². The molecule has 2 aliphatic carbocycles. The Bertz CT molecular complexity index is 3580. The summed E-state index contributed by atoms with van der Waals surface area (Å²) in [5, 5.41) is 6.62.